The minimum Gasteiger partial charge on any atom is -0.434 e. The molecule has 0 radical (unpaired) electrons. The van der Waals surface area contributed by atoms with E-state index in [0.717, 1.165) is 29.7 Å². The highest BCUT2D eigenvalue weighted by Gasteiger charge is 2.30. The largest absolute Gasteiger partial charge is 0.434 e. The van der Waals surface area contributed by atoms with Crippen LogP contribution in [0.5, 0.6) is 11.6 Å². The summed E-state index contributed by atoms with van der Waals surface area (Å²) >= 11 is 6.34. The fourth-order valence-corrected chi connectivity index (χ4v) is 5.55. The van der Waals surface area contributed by atoms with Gasteiger partial charge < -0.3 is 25.4 Å². The van der Waals surface area contributed by atoms with Crippen molar-refractivity contribution in [3.8, 4) is 11.6 Å². The van der Waals surface area contributed by atoms with E-state index in [1.807, 2.05) is 30.3 Å². The Balaban J connectivity index is 1.25. The van der Waals surface area contributed by atoms with Gasteiger partial charge in [-0.2, -0.15) is 0 Å². The number of carbonyl (C=O) groups is 2. The van der Waals surface area contributed by atoms with E-state index in [-0.39, 0.29) is 47.6 Å². The molecule has 1 atom stereocenters. The summed E-state index contributed by atoms with van der Waals surface area (Å²) in [6.07, 6.45) is 3.05. The molecule has 2 aromatic heterocycles. The molecule has 1 aliphatic rings. The van der Waals surface area contributed by atoms with E-state index >= 15 is 0 Å². The third-order valence-corrected chi connectivity index (χ3v) is 7.50. The molecule has 2 aromatic carbocycles. The Bertz CT molecular complexity index is 1530. The number of aliphatic hydroxyl groups is 1. The van der Waals surface area contributed by atoms with Gasteiger partial charge in [-0.05, 0) is 48.8 Å². The van der Waals surface area contributed by atoms with Gasteiger partial charge >= 0.3 is 0 Å². The summed E-state index contributed by atoms with van der Waals surface area (Å²) in [5, 5.41) is 15.0. The predicted octanol–water partition coefficient (Wildman–Crippen LogP) is 4.28. The molecule has 2 amide bonds. The normalized spacial score (nSPS) is 14.8. The molecule has 200 valence electrons. The van der Waals surface area contributed by atoms with Crippen LogP contribution in [0.4, 0.5) is 10.1 Å². The van der Waals surface area contributed by atoms with Gasteiger partial charge in [0.25, 0.3) is 5.91 Å². The molecule has 1 aliphatic heterocycles. The van der Waals surface area contributed by atoms with Crippen LogP contribution in [-0.2, 0) is 11.2 Å². The third kappa shape index (κ3) is 6.19. The zero-order valence-electron chi connectivity index (χ0n) is 20.6. The van der Waals surface area contributed by atoms with Crippen LogP contribution < -0.4 is 15.4 Å². The van der Waals surface area contributed by atoms with Crippen molar-refractivity contribution in [3.05, 3.63) is 77.2 Å². The number of thiocarbonyl (C=S) groups is 1. The van der Waals surface area contributed by atoms with Crippen LogP contribution in [0, 0.1) is 5.82 Å². The van der Waals surface area contributed by atoms with Gasteiger partial charge in [0.05, 0.1) is 29.5 Å². The molecule has 0 unspecified atom stereocenters. The van der Waals surface area contributed by atoms with Gasteiger partial charge in [0, 0.05) is 18.3 Å². The number of hydrogen-bond donors (Lipinski definition) is 3. The van der Waals surface area contributed by atoms with E-state index < -0.39 is 5.82 Å². The number of nitrogens with zero attached hydrogens (tertiary/aromatic N) is 3. The molecule has 9 nitrogen and oxygen atoms in total. The molecule has 39 heavy (non-hydrogen) atoms. The van der Waals surface area contributed by atoms with Gasteiger partial charge in [-0.15, -0.1) is 11.3 Å². The second-order valence-corrected chi connectivity index (χ2v) is 10.4. The van der Waals surface area contributed by atoms with Crippen molar-refractivity contribution < 1.29 is 23.8 Å². The van der Waals surface area contributed by atoms with E-state index in [1.54, 1.807) is 17.0 Å². The van der Waals surface area contributed by atoms with Gasteiger partial charge in [0.2, 0.25) is 11.8 Å². The van der Waals surface area contributed by atoms with Crippen molar-refractivity contribution in [1.82, 2.24) is 20.2 Å². The summed E-state index contributed by atoms with van der Waals surface area (Å²) in [6.45, 7) is 0.499. The summed E-state index contributed by atoms with van der Waals surface area (Å²) in [4.78, 5) is 35.7. The van der Waals surface area contributed by atoms with E-state index in [9.17, 15) is 19.1 Å². The molecule has 3 N–H and O–H groups in total. The first-order valence-electron chi connectivity index (χ1n) is 12.2. The number of hydrogen-bond acceptors (Lipinski definition) is 8. The Morgan fingerprint density at radius 3 is 2.77 bits per heavy atom. The van der Waals surface area contributed by atoms with E-state index in [0.29, 0.717) is 27.3 Å². The molecule has 0 bridgehead atoms. The molecular formula is C27H24FN5O4S2. The molecule has 0 saturated carbocycles. The number of benzene rings is 2. The molecule has 4 aromatic rings. The number of thiophene rings is 1. The molecule has 0 aliphatic carbocycles. The lowest BCUT2D eigenvalue weighted by Crippen LogP contribution is -2.37. The van der Waals surface area contributed by atoms with Gasteiger partial charge in [-0.3, -0.25) is 9.59 Å². The molecule has 3 heterocycles. The molecular weight excluding hydrogens is 541 g/mol. The highest BCUT2D eigenvalue weighted by molar-refractivity contribution is 7.80. The topological polar surface area (TPSA) is 117 Å². The first-order valence-corrected chi connectivity index (χ1v) is 13.4. The van der Waals surface area contributed by atoms with Crippen LogP contribution in [0.1, 0.15) is 28.1 Å². The third-order valence-electron chi connectivity index (χ3n) is 6.19. The molecule has 5 rings (SSSR count). The number of aliphatic hydroxyl groups excluding tert-OH is 1. The van der Waals surface area contributed by atoms with Crippen LogP contribution in [-0.4, -0.2) is 56.1 Å². The lowest BCUT2D eigenvalue weighted by Gasteiger charge is -2.22. The van der Waals surface area contributed by atoms with Crippen molar-refractivity contribution in [1.29, 1.82) is 0 Å². The molecule has 0 spiro atoms. The van der Waals surface area contributed by atoms with Crippen molar-refractivity contribution in [2.24, 2.45) is 0 Å². The number of carbonyl (C=O) groups excluding carboxylic acids is 2. The maximum absolute atomic E-state index is 14.9. The van der Waals surface area contributed by atoms with Crippen molar-refractivity contribution in [3.63, 3.8) is 0 Å². The van der Waals surface area contributed by atoms with Crippen LogP contribution in [0.25, 0.3) is 10.2 Å². The summed E-state index contributed by atoms with van der Waals surface area (Å²) in [5.74, 6) is -1.12. The zero-order valence-corrected chi connectivity index (χ0v) is 22.2. The summed E-state index contributed by atoms with van der Waals surface area (Å²) in [7, 11) is 0. The number of ether oxygens (including phenoxy) is 1. The number of halogens is 1. The Kier molecular flexibility index (Phi) is 8.05. The summed E-state index contributed by atoms with van der Waals surface area (Å²) in [6, 6.07) is 14.8. The molecule has 1 fully saturated rings. The minimum atomic E-state index is -0.680. The van der Waals surface area contributed by atoms with Crippen molar-refractivity contribution >= 4 is 56.4 Å². The fraction of sp³-hybridized carbons (Fsp3) is 0.222. The molecule has 12 heteroatoms. The number of nitrogens with one attached hydrogen (secondary N) is 2. The standard InChI is InChI=1S/C27H24FN5O4S2/c28-19-12-17(31-27(38)32-23(35)11-16-5-2-1-3-6-16)8-9-21(19)37-25-24-20(29-15-30-25)13-22(39-24)26(36)33-10-4-7-18(33)14-34/h1-3,5-6,8-9,12-13,15,18,34H,4,7,10-11,14H2,(H2,31,32,35,38)/t18-/m1/s1. The number of fused-ring (bicyclic) bond motifs is 1. The van der Waals surface area contributed by atoms with Crippen molar-refractivity contribution in [2.45, 2.75) is 25.3 Å². The number of rotatable bonds is 7. The second kappa shape index (κ2) is 11.8. The number of aromatic nitrogens is 2. The highest BCUT2D eigenvalue weighted by Crippen LogP contribution is 2.35. The van der Waals surface area contributed by atoms with Gasteiger partial charge in [-0.1, -0.05) is 30.3 Å². The Morgan fingerprint density at radius 2 is 2.00 bits per heavy atom. The predicted molar refractivity (Wildman–Crippen MR) is 150 cm³/mol. The lowest BCUT2D eigenvalue weighted by molar-refractivity contribution is -0.119. The van der Waals surface area contributed by atoms with Crippen LogP contribution in [0.15, 0.2) is 60.9 Å². The van der Waals surface area contributed by atoms with Gasteiger partial charge in [0.15, 0.2) is 16.7 Å². The Labute approximate surface area is 232 Å². The zero-order chi connectivity index (χ0) is 27.4. The Hall–Kier alpha value is -4.00. The average molecular weight is 566 g/mol. The minimum absolute atomic E-state index is 0.0405. The number of likely N-dealkylation sites (tertiary alicyclic amines) is 1. The molecule has 1 saturated heterocycles. The van der Waals surface area contributed by atoms with Crippen LogP contribution in [0.2, 0.25) is 0 Å². The highest BCUT2D eigenvalue weighted by atomic mass is 32.1. The van der Waals surface area contributed by atoms with E-state index in [2.05, 4.69) is 20.6 Å². The van der Waals surface area contributed by atoms with Gasteiger partial charge in [0.1, 0.15) is 11.0 Å². The quantitative estimate of drug-likeness (QED) is 0.285. The summed E-state index contributed by atoms with van der Waals surface area (Å²) in [5.41, 5.74) is 1.67. The smallest absolute Gasteiger partial charge is 0.264 e. The SMILES string of the molecule is O=C(Cc1ccccc1)NC(=S)Nc1ccc(Oc2ncnc3cc(C(=O)N4CCC[C@@H]4CO)sc23)c(F)c1. The van der Waals surface area contributed by atoms with Crippen LogP contribution >= 0.6 is 23.6 Å². The first-order chi connectivity index (χ1) is 18.9. The lowest BCUT2D eigenvalue weighted by atomic mass is 10.1. The second-order valence-electron chi connectivity index (χ2n) is 8.89. The van der Waals surface area contributed by atoms with Gasteiger partial charge in [-0.25, -0.2) is 14.4 Å². The number of amides is 2. The van der Waals surface area contributed by atoms with E-state index in [4.69, 9.17) is 17.0 Å². The monoisotopic (exact) mass is 565 g/mol. The fourth-order valence-electron chi connectivity index (χ4n) is 4.33. The number of anilines is 1. The first kappa shape index (κ1) is 26.6. The Morgan fingerprint density at radius 1 is 1.18 bits per heavy atom. The van der Waals surface area contributed by atoms with Crippen LogP contribution in [0.3, 0.4) is 0 Å². The van der Waals surface area contributed by atoms with E-state index in [1.165, 1.54) is 18.5 Å². The maximum Gasteiger partial charge on any atom is 0.264 e. The maximum atomic E-state index is 14.9. The van der Waals surface area contributed by atoms with Crippen molar-refractivity contribution in [2.75, 3.05) is 18.5 Å². The average Bonchev–Trinajstić information content (AvgIpc) is 3.58. The summed E-state index contributed by atoms with van der Waals surface area (Å²) < 4.78 is 21.2.